The van der Waals surface area contributed by atoms with E-state index in [1.54, 1.807) is 6.07 Å². The SMILES string of the molecule is CC(=O)c1cccc(F)c1Sc1ncnc2ccccc12. The van der Waals surface area contributed by atoms with Gasteiger partial charge in [-0.2, -0.15) is 0 Å². The number of nitrogens with zero attached hydrogens (tertiary/aromatic N) is 2. The first kappa shape index (κ1) is 13.7. The van der Waals surface area contributed by atoms with Crippen molar-refractivity contribution in [3.8, 4) is 0 Å². The van der Waals surface area contributed by atoms with Crippen LogP contribution in [-0.2, 0) is 0 Å². The molecule has 0 atom stereocenters. The molecule has 104 valence electrons. The molecule has 0 aliphatic heterocycles. The number of Topliss-reactive ketones (excluding diaryl/α,β-unsaturated/α-hetero) is 1. The molecular weight excluding hydrogens is 287 g/mol. The van der Waals surface area contributed by atoms with Gasteiger partial charge >= 0.3 is 0 Å². The number of hydrogen-bond acceptors (Lipinski definition) is 4. The van der Waals surface area contributed by atoms with Crippen molar-refractivity contribution in [1.29, 1.82) is 0 Å². The number of benzene rings is 2. The van der Waals surface area contributed by atoms with Crippen LogP contribution >= 0.6 is 11.8 Å². The second kappa shape index (κ2) is 5.61. The fourth-order valence-corrected chi connectivity index (χ4v) is 3.11. The molecule has 0 saturated heterocycles. The van der Waals surface area contributed by atoms with Gasteiger partial charge in [0, 0.05) is 10.9 Å². The highest BCUT2D eigenvalue weighted by atomic mass is 32.2. The average molecular weight is 298 g/mol. The molecule has 0 aliphatic carbocycles. The van der Waals surface area contributed by atoms with Gasteiger partial charge < -0.3 is 0 Å². The summed E-state index contributed by atoms with van der Waals surface area (Å²) in [6.07, 6.45) is 1.44. The van der Waals surface area contributed by atoms with Gasteiger partial charge in [-0.3, -0.25) is 4.79 Å². The lowest BCUT2D eigenvalue weighted by atomic mass is 10.1. The molecule has 0 unspecified atom stereocenters. The largest absolute Gasteiger partial charge is 0.294 e. The predicted molar refractivity (Wildman–Crippen MR) is 80.1 cm³/mol. The van der Waals surface area contributed by atoms with E-state index in [0.717, 1.165) is 22.7 Å². The van der Waals surface area contributed by atoms with Gasteiger partial charge in [0.2, 0.25) is 0 Å². The molecule has 1 aromatic heterocycles. The summed E-state index contributed by atoms with van der Waals surface area (Å²) in [5, 5.41) is 1.47. The minimum absolute atomic E-state index is 0.171. The first-order valence-electron chi connectivity index (χ1n) is 6.34. The Labute approximate surface area is 125 Å². The van der Waals surface area contributed by atoms with Crippen molar-refractivity contribution in [3.63, 3.8) is 0 Å². The number of rotatable bonds is 3. The van der Waals surface area contributed by atoms with Crippen molar-refractivity contribution >= 4 is 28.4 Å². The van der Waals surface area contributed by atoms with Crippen LogP contribution in [0.4, 0.5) is 4.39 Å². The number of halogens is 1. The maximum absolute atomic E-state index is 14.1. The van der Waals surface area contributed by atoms with Gasteiger partial charge in [-0.15, -0.1) is 0 Å². The molecule has 21 heavy (non-hydrogen) atoms. The van der Waals surface area contributed by atoms with E-state index in [9.17, 15) is 9.18 Å². The summed E-state index contributed by atoms with van der Waals surface area (Å²) in [6.45, 7) is 1.43. The average Bonchev–Trinajstić information content (AvgIpc) is 2.49. The van der Waals surface area contributed by atoms with E-state index in [1.807, 2.05) is 24.3 Å². The number of aromatic nitrogens is 2. The Morgan fingerprint density at radius 2 is 1.90 bits per heavy atom. The van der Waals surface area contributed by atoms with E-state index in [1.165, 1.54) is 25.4 Å². The van der Waals surface area contributed by atoms with Crippen molar-refractivity contribution in [2.75, 3.05) is 0 Å². The highest BCUT2D eigenvalue weighted by Crippen LogP contribution is 2.35. The molecule has 0 aliphatic rings. The van der Waals surface area contributed by atoms with Gasteiger partial charge in [-0.25, -0.2) is 14.4 Å². The number of carbonyl (C=O) groups excluding carboxylic acids is 1. The van der Waals surface area contributed by atoms with E-state index in [-0.39, 0.29) is 5.78 Å². The van der Waals surface area contributed by atoms with Gasteiger partial charge in [0.25, 0.3) is 0 Å². The van der Waals surface area contributed by atoms with Crippen molar-refractivity contribution < 1.29 is 9.18 Å². The molecule has 0 N–H and O–H groups in total. The topological polar surface area (TPSA) is 42.9 Å². The molecule has 3 nitrogen and oxygen atoms in total. The van der Waals surface area contributed by atoms with Crippen LogP contribution in [0.3, 0.4) is 0 Å². The molecule has 5 heteroatoms. The molecule has 3 aromatic rings. The zero-order valence-corrected chi connectivity index (χ0v) is 12.0. The maximum Gasteiger partial charge on any atom is 0.161 e. The lowest BCUT2D eigenvalue weighted by Crippen LogP contribution is -1.98. The molecule has 0 fully saturated rings. The Hall–Kier alpha value is -2.27. The molecular formula is C16H11FN2OS. The third kappa shape index (κ3) is 2.64. The van der Waals surface area contributed by atoms with Gasteiger partial charge in [0.05, 0.1) is 10.4 Å². The summed E-state index contributed by atoms with van der Waals surface area (Å²) in [4.78, 5) is 20.4. The van der Waals surface area contributed by atoms with E-state index < -0.39 is 5.82 Å². The van der Waals surface area contributed by atoms with Crippen LogP contribution in [0, 0.1) is 5.82 Å². The van der Waals surface area contributed by atoms with Crippen LogP contribution in [-0.4, -0.2) is 15.8 Å². The molecule has 0 bridgehead atoms. The first-order chi connectivity index (χ1) is 10.2. The Bertz CT molecular complexity index is 830. The first-order valence-corrected chi connectivity index (χ1v) is 7.15. The highest BCUT2D eigenvalue weighted by molar-refractivity contribution is 7.99. The summed E-state index contributed by atoms with van der Waals surface area (Å²) in [6, 6.07) is 12.0. The van der Waals surface area contributed by atoms with Gasteiger partial charge in [0.15, 0.2) is 5.78 Å². The van der Waals surface area contributed by atoms with E-state index >= 15 is 0 Å². The summed E-state index contributed by atoms with van der Waals surface area (Å²) >= 11 is 1.15. The van der Waals surface area contributed by atoms with Crippen LogP contribution in [0.15, 0.2) is 58.7 Å². The minimum Gasteiger partial charge on any atom is -0.294 e. The Morgan fingerprint density at radius 3 is 2.71 bits per heavy atom. The smallest absolute Gasteiger partial charge is 0.161 e. The second-order valence-electron chi connectivity index (χ2n) is 4.47. The summed E-state index contributed by atoms with van der Waals surface area (Å²) in [5.41, 5.74) is 1.15. The van der Waals surface area contributed by atoms with Crippen molar-refractivity contribution in [1.82, 2.24) is 9.97 Å². The second-order valence-corrected chi connectivity index (χ2v) is 5.47. The van der Waals surface area contributed by atoms with Crippen molar-refractivity contribution in [3.05, 3.63) is 60.2 Å². The highest BCUT2D eigenvalue weighted by Gasteiger charge is 2.15. The summed E-state index contributed by atoms with van der Waals surface area (Å²) < 4.78 is 14.1. The standard InChI is InChI=1S/C16H11FN2OS/c1-10(20)11-6-4-7-13(17)15(11)21-16-12-5-2-3-8-14(12)18-9-19-16/h2-9H,1H3. The van der Waals surface area contributed by atoms with Crippen molar-refractivity contribution in [2.24, 2.45) is 0 Å². The Balaban J connectivity index is 2.13. The number of ketones is 1. The van der Waals surface area contributed by atoms with Gasteiger partial charge in [-0.1, -0.05) is 42.1 Å². The Morgan fingerprint density at radius 1 is 1.10 bits per heavy atom. The molecule has 0 spiro atoms. The molecule has 0 radical (unpaired) electrons. The zero-order valence-electron chi connectivity index (χ0n) is 11.2. The number of fused-ring (bicyclic) bond motifs is 1. The van der Waals surface area contributed by atoms with Crippen LogP contribution in [0.25, 0.3) is 10.9 Å². The molecule has 0 saturated carbocycles. The Kier molecular flexibility index (Phi) is 3.66. The third-order valence-electron chi connectivity index (χ3n) is 3.05. The van der Waals surface area contributed by atoms with Crippen molar-refractivity contribution in [2.45, 2.75) is 16.8 Å². The normalized spacial score (nSPS) is 10.8. The van der Waals surface area contributed by atoms with Gasteiger partial charge in [-0.05, 0) is 19.1 Å². The minimum atomic E-state index is -0.421. The molecule has 0 amide bonds. The zero-order chi connectivity index (χ0) is 14.8. The van der Waals surface area contributed by atoms with E-state index in [2.05, 4.69) is 9.97 Å². The van der Waals surface area contributed by atoms with Gasteiger partial charge in [0.1, 0.15) is 17.2 Å². The van der Waals surface area contributed by atoms with Crippen LogP contribution in [0.1, 0.15) is 17.3 Å². The fraction of sp³-hybridized carbons (Fsp3) is 0.0625. The predicted octanol–water partition coefficient (Wildman–Crippen LogP) is 4.12. The van der Waals surface area contributed by atoms with Crippen LogP contribution in [0.5, 0.6) is 0 Å². The number of hydrogen-bond donors (Lipinski definition) is 0. The monoisotopic (exact) mass is 298 g/mol. The number of carbonyl (C=O) groups is 1. The molecule has 1 heterocycles. The lowest BCUT2D eigenvalue weighted by Gasteiger charge is -2.09. The van der Waals surface area contributed by atoms with Crippen LogP contribution < -0.4 is 0 Å². The van der Waals surface area contributed by atoms with E-state index in [0.29, 0.717) is 15.5 Å². The fourth-order valence-electron chi connectivity index (χ4n) is 2.05. The molecule has 2 aromatic carbocycles. The van der Waals surface area contributed by atoms with E-state index in [4.69, 9.17) is 0 Å². The summed E-state index contributed by atoms with van der Waals surface area (Å²) in [5.74, 6) is -0.592. The third-order valence-corrected chi connectivity index (χ3v) is 4.19. The molecule has 3 rings (SSSR count). The lowest BCUT2D eigenvalue weighted by molar-refractivity contribution is 0.101. The quantitative estimate of drug-likeness (QED) is 0.539. The summed E-state index contributed by atoms with van der Waals surface area (Å²) in [7, 11) is 0. The number of para-hydroxylation sites is 1. The maximum atomic E-state index is 14.1. The van der Waals surface area contributed by atoms with Crippen LogP contribution in [0.2, 0.25) is 0 Å².